The van der Waals surface area contributed by atoms with E-state index in [1.165, 1.54) is 22.5 Å². The number of hydrogen-bond donors (Lipinski definition) is 4. The van der Waals surface area contributed by atoms with Crippen molar-refractivity contribution in [3.63, 3.8) is 0 Å². The van der Waals surface area contributed by atoms with Crippen molar-refractivity contribution < 1.29 is 116 Å². The number of rotatable bonds is 6. The maximum Gasteiger partial charge on any atom is 1.00 e. The second-order valence-electron chi connectivity index (χ2n) is 6.03. The number of phosphoric ester groups is 1. The molecule has 6 atom stereocenters. The molecule has 1 fully saturated rings. The van der Waals surface area contributed by atoms with E-state index in [4.69, 9.17) is 15.4 Å². The first kappa shape index (κ1) is 29.3. The second-order valence-corrected chi connectivity index (χ2v) is 8.78. The van der Waals surface area contributed by atoms with Crippen molar-refractivity contribution in [1.29, 1.82) is 0 Å². The molecule has 1 aliphatic heterocycles. The first-order chi connectivity index (χ1) is 13.3. The Bertz CT molecular complexity index is 1030. The van der Waals surface area contributed by atoms with Crippen molar-refractivity contribution in [3.05, 3.63) is 6.33 Å². The SMILES string of the molecule is Cn1c[n+]([C@@H]2O[C@H](COP(=O)([O-])OP(=O)([O-])O)[C@@H](O)[C@H]2O)c2nc(N)nc([O-])c21.[Na+].[Na+]. The van der Waals surface area contributed by atoms with E-state index in [1.54, 1.807) is 0 Å². The van der Waals surface area contributed by atoms with Gasteiger partial charge in [-0.15, -0.1) is 0 Å². The minimum absolute atomic E-state index is 0. The summed E-state index contributed by atoms with van der Waals surface area (Å²) in [5.41, 5.74) is 5.47. The Balaban J connectivity index is 0.00000240. The molecule has 3 heterocycles. The Morgan fingerprint density at radius 3 is 2.48 bits per heavy atom. The Kier molecular flexibility index (Phi) is 10.1. The number of nitrogens with zero attached hydrogens (tertiary/aromatic N) is 4. The van der Waals surface area contributed by atoms with Gasteiger partial charge in [0, 0.05) is 5.88 Å². The zero-order valence-corrected chi connectivity index (χ0v) is 22.3. The van der Waals surface area contributed by atoms with Gasteiger partial charge in [0.05, 0.1) is 13.7 Å². The summed E-state index contributed by atoms with van der Waals surface area (Å²) >= 11 is 0. The number of nitrogens with two attached hydrogens (primary N) is 1. The van der Waals surface area contributed by atoms with E-state index in [0.29, 0.717) is 0 Å². The summed E-state index contributed by atoms with van der Waals surface area (Å²) in [6.45, 7) is -0.954. The molecule has 0 spiro atoms. The normalized spacial score (nSPS) is 27.2. The molecule has 0 amide bonds. The number of aromatic nitrogens is 4. The molecule has 5 N–H and O–H groups in total. The molecule has 0 aromatic carbocycles. The van der Waals surface area contributed by atoms with Gasteiger partial charge in [-0.2, -0.15) is 0 Å². The van der Waals surface area contributed by atoms with E-state index in [2.05, 4.69) is 18.8 Å². The number of hydrogen-bond acceptors (Lipinski definition) is 13. The van der Waals surface area contributed by atoms with Gasteiger partial charge in [0.25, 0.3) is 21.6 Å². The molecule has 1 saturated heterocycles. The van der Waals surface area contributed by atoms with Crippen LogP contribution in [0.4, 0.5) is 5.95 Å². The molecule has 16 nitrogen and oxygen atoms in total. The number of fused-ring (bicyclic) bond motifs is 1. The van der Waals surface area contributed by atoms with Gasteiger partial charge in [0.1, 0.15) is 18.3 Å². The molecule has 0 saturated carbocycles. The minimum Gasteiger partial charge on any atom is -0.856 e. The molecule has 162 valence electrons. The summed E-state index contributed by atoms with van der Waals surface area (Å²) in [7, 11) is -9.64. The van der Waals surface area contributed by atoms with Crippen LogP contribution in [0, 0.1) is 0 Å². The number of nitrogen functional groups attached to an aromatic ring is 1. The number of aliphatic hydroxyl groups is 2. The topological polar surface area (TPSA) is 252 Å². The third kappa shape index (κ3) is 6.67. The van der Waals surface area contributed by atoms with Crippen LogP contribution in [0.25, 0.3) is 11.2 Å². The van der Waals surface area contributed by atoms with Crippen LogP contribution in [-0.4, -0.2) is 54.6 Å². The largest absolute Gasteiger partial charge is 1.00 e. The summed E-state index contributed by atoms with van der Waals surface area (Å²) in [4.78, 5) is 37.7. The molecule has 2 unspecified atom stereocenters. The minimum atomic E-state index is -5.64. The fourth-order valence-corrected chi connectivity index (χ4v) is 4.35. The van der Waals surface area contributed by atoms with Gasteiger partial charge in [-0.1, -0.05) is 4.98 Å². The summed E-state index contributed by atoms with van der Waals surface area (Å²) < 4.78 is 37.5. The standard InChI is InChI=1S/C11H17N5O11P2.2Na/c1-15-3-16(8-5(15)9(19)14-11(12)13-8)10-7(18)6(17)4(26-10)2-25-29(23,24)27-28(20,21)22;;/h3-4,6-7,10,17-18H,2H2,1H3,(H5-,12,13,14,19,20,21,22,23,24);;/q;2*+1/p-2/t4-,6-,7-,10-;;/m1../s1. The van der Waals surface area contributed by atoms with Crippen molar-refractivity contribution >= 4 is 32.8 Å². The number of ether oxygens (including phenoxy) is 1. The number of aliphatic hydroxyl groups excluding tert-OH is 2. The zero-order chi connectivity index (χ0) is 21.7. The van der Waals surface area contributed by atoms with Crippen LogP contribution in [0.2, 0.25) is 0 Å². The average Bonchev–Trinajstić information content (AvgIpc) is 3.01. The molecule has 0 radical (unpaired) electrons. The van der Waals surface area contributed by atoms with Crippen molar-refractivity contribution in [2.75, 3.05) is 12.3 Å². The number of aryl methyl sites for hydroxylation is 1. The maximum atomic E-state index is 12.0. The summed E-state index contributed by atoms with van der Waals surface area (Å²) in [5.74, 6) is -1.04. The van der Waals surface area contributed by atoms with Gasteiger partial charge in [-0.25, -0.2) is 13.9 Å². The monoisotopic (exact) mass is 501 g/mol. The van der Waals surface area contributed by atoms with Crippen molar-refractivity contribution in [1.82, 2.24) is 14.5 Å². The number of phosphoric acid groups is 2. The number of imidazole rings is 1. The number of anilines is 1. The van der Waals surface area contributed by atoms with Gasteiger partial charge in [0.2, 0.25) is 6.23 Å². The maximum absolute atomic E-state index is 12.0. The van der Waals surface area contributed by atoms with E-state index < -0.39 is 52.7 Å². The summed E-state index contributed by atoms with van der Waals surface area (Å²) in [5, 5.41) is 32.4. The third-order valence-corrected chi connectivity index (χ3v) is 6.05. The molecule has 2 aromatic heterocycles. The van der Waals surface area contributed by atoms with Crippen molar-refractivity contribution in [3.8, 4) is 5.88 Å². The van der Waals surface area contributed by atoms with Crippen LogP contribution in [0.5, 0.6) is 5.88 Å². The molecule has 0 aliphatic carbocycles. The summed E-state index contributed by atoms with van der Waals surface area (Å²) in [6.07, 6.45) is -4.79. The van der Waals surface area contributed by atoms with Crippen LogP contribution < -0.4 is 84.3 Å². The smallest absolute Gasteiger partial charge is 0.856 e. The van der Waals surface area contributed by atoms with E-state index >= 15 is 0 Å². The van der Waals surface area contributed by atoms with E-state index in [9.17, 15) is 34.2 Å². The van der Waals surface area contributed by atoms with Crippen LogP contribution in [-0.2, 0) is 29.7 Å². The summed E-state index contributed by atoms with van der Waals surface area (Å²) in [6, 6.07) is 0. The van der Waals surface area contributed by atoms with Gasteiger partial charge < -0.3 is 45.0 Å². The zero-order valence-electron chi connectivity index (χ0n) is 16.5. The Labute approximate surface area is 218 Å². The Morgan fingerprint density at radius 2 is 1.90 bits per heavy atom. The van der Waals surface area contributed by atoms with Crippen LogP contribution in [0.15, 0.2) is 6.33 Å². The molecule has 2 aromatic rings. The van der Waals surface area contributed by atoms with Gasteiger partial charge in [-0.05, 0) is 0 Å². The van der Waals surface area contributed by atoms with Crippen LogP contribution in [0.1, 0.15) is 6.23 Å². The molecule has 31 heavy (non-hydrogen) atoms. The molecular weight excluding hydrogens is 486 g/mol. The van der Waals surface area contributed by atoms with Gasteiger partial charge in [-0.3, -0.25) is 13.7 Å². The Morgan fingerprint density at radius 1 is 1.29 bits per heavy atom. The van der Waals surface area contributed by atoms with Crippen LogP contribution >= 0.6 is 15.6 Å². The molecule has 20 heteroatoms. The van der Waals surface area contributed by atoms with Gasteiger partial charge in [0.15, 0.2) is 11.8 Å². The van der Waals surface area contributed by atoms with Gasteiger partial charge >= 0.3 is 64.8 Å². The third-order valence-electron chi connectivity index (χ3n) is 3.96. The fourth-order valence-electron chi connectivity index (χ4n) is 2.82. The van der Waals surface area contributed by atoms with Crippen LogP contribution in [0.3, 0.4) is 0 Å². The Hall–Kier alpha value is 0.290. The first-order valence-electron chi connectivity index (χ1n) is 7.72. The molecular formula is C11H15N5Na2O11P2. The predicted molar refractivity (Wildman–Crippen MR) is 83.0 cm³/mol. The average molecular weight is 501 g/mol. The van der Waals surface area contributed by atoms with E-state index in [0.717, 1.165) is 0 Å². The predicted octanol–water partition coefficient (Wildman–Crippen LogP) is -10.5. The molecule has 0 bridgehead atoms. The van der Waals surface area contributed by atoms with E-state index in [-0.39, 0.29) is 76.2 Å². The quantitative estimate of drug-likeness (QED) is 0.163. The van der Waals surface area contributed by atoms with Crippen molar-refractivity contribution in [2.24, 2.45) is 7.05 Å². The fraction of sp³-hybridized carbons (Fsp3) is 0.545. The molecule has 3 rings (SSSR count). The second kappa shape index (κ2) is 10.7. The van der Waals surface area contributed by atoms with E-state index in [1.807, 2.05) is 0 Å². The van der Waals surface area contributed by atoms with Crippen molar-refractivity contribution in [2.45, 2.75) is 24.5 Å². The first-order valence-corrected chi connectivity index (χ1v) is 10.7. The molecule has 1 aliphatic rings.